The summed E-state index contributed by atoms with van der Waals surface area (Å²) in [5, 5.41) is 7.85. The minimum Gasteiger partial charge on any atom is -0.369 e. The van der Waals surface area contributed by atoms with E-state index < -0.39 is 10.0 Å². The van der Waals surface area contributed by atoms with Gasteiger partial charge in [0.15, 0.2) is 11.3 Å². The molecule has 212 valence electrons. The Bertz CT molecular complexity index is 1680. The van der Waals surface area contributed by atoms with Crippen LogP contribution in [-0.4, -0.2) is 86.2 Å². The van der Waals surface area contributed by atoms with E-state index in [9.17, 15) is 13.2 Å². The van der Waals surface area contributed by atoms with Crippen molar-refractivity contribution in [2.24, 2.45) is 7.05 Å². The van der Waals surface area contributed by atoms with E-state index in [1.807, 2.05) is 32.0 Å². The van der Waals surface area contributed by atoms with Gasteiger partial charge in [-0.05, 0) is 37.6 Å². The van der Waals surface area contributed by atoms with Crippen LogP contribution < -0.4 is 10.9 Å². The second-order valence-corrected chi connectivity index (χ2v) is 11.7. The van der Waals surface area contributed by atoms with E-state index in [2.05, 4.69) is 32.2 Å². The molecule has 0 aliphatic carbocycles. The van der Waals surface area contributed by atoms with Crippen LogP contribution in [0.15, 0.2) is 46.3 Å². The molecule has 1 N–H and O–H groups in total. The fourth-order valence-electron chi connectivity index (χ4n) is 4.95. The first-order valence-corrected chi connectivity index (χ1v) is 15.1. The highest BCUT2D eigenvalue weighted by atomic mass is 32.2. The van der Waals surface area contributed by atoms with E-state index >= 15 is 0 Å². The van der Waals surface area contributed by atoms with Crippen molar-refractivity contribution in [2.45, 2.75) is 38.5 Å². The van der Waals surface area contributed by atoms with Gasteiger partial charge in [0.25, 0.3) is 5.56 Å². The summed E-state index contributed by atoms with van der Waals surface area (Å²) < 4.78 is 31.9. The zero-order valence-electron chi connectivity index (χ0n) is 23.3. The summed E-state index contributed by atoms with van der Waals surface area (Å²) in [5.41, 5.74) is 1.52. The summed E-state index contributed by atoms with van der Waals surface area (Å²) >= 11 is 0. The molecular formula is C27H35N9O3S. The molecule has 1 aliphatic heterocycles. The molecule has 0 radical (unpaired) electrons. The van der Waals surface area contributed by atoms with Crippen molar-refractivity contribution >= 4 is 26.9 Å². The van der Waals surface area contributed by atoms with Gasteiger partial charge in [-0.15, -0.1) is 0 Å². The molecule has 5 heterocycles. The van der Waals surface area contributed by atoms with Gasteiger partial charge in [0.1, 0.15) is 22.1 Å². The quantitative estimate of drug-likeness (QED) is 0.325. The van der Waals surface area contributed by atoms with Crippen LogP contribution in [0.5, 0.6) is 0 Å². The number of likely N-dealkylation sites (N-methyl/N-ethyl adjacent to an activating group) is 1. The van der Waals surface area contributed by atoms with E-state index in [4.69, 9.17) is 4.98 Å². The molecule has 0 atom stereocenters. The van der Waals surface area contributed by atoms with E-state index in [-0.39, 0.29) is 16.0 Å². The molecule has 1 saturated heterocycles. The Balaban J connectivity index is 1.67. The van der Waals surface area contributed by atoms with Crippen LogP contribution in [0.3, 0.4) is 0 Å². The molecule has 1 fully saturated rings. The number of fused-ring (bicyclic) bond motifs is 1. The zero-order chi connectivity index (χ0) is 28.4. The molecule has 0 amide bonds. The highest BCUT2D eigenvalue weighted by molar-refractivity contribution is 7.89. The Hall–Kier alpha value is -3.68. The van der Waals surface area contributed by atoms with Gasteiger partial charge in [-0.1, -0.05) is 26.8 Å². The average Bonchev–Trinajstić information content (AvgIpc) is 3.37. The molecule has 4 aromatic rings. The third kappa shape index (κ3) is 5.00. The fraction of sp³-hybridized carbons (Fsp3) is 0.444. The maximum absolute atomic E-state index is 13.7. The number of pyridine rings is 2. The number of piperazine rings is 1. The number of nitrogens with one attached hydrogen (secondary N) is 1. The smallest absolute Gasteiger partial charge is 0.281 e. The van der Waals surface area contributed by atoms with Crippen molar-refractivity contribution in [3.63, 3.8) is 0 Å². The lowest BCUT2D eigenvalue weighted by Gasteiger charge is -2.33. The van der Waals surface area contributed by atoms with Crippen molar-refractivity contribution in [1.82, 2.24) is 38.5 Å². The molecule has 13 heteroatoms. The molecular weight excluding hydrogens is 530 g/mol. The van der Waals surface area contributed by atoms with E-state index in [0.717, 1.165) is 18.7 Å². The van der Waals surface area contributed by atoms with Crippen LogP contribution in [0.1, 0.15) is 32.9 Å². The lowest BCUT2D eigenvalue weighted by atomic mass is 10.2. The Morgan fingerprint density at radius 2 is 1.80 bits per heavy atom. The first-order chi connectivity index (χ1) is 19.3. The molecule has 0 bridgehead atoms. The van der Waals surface area contributed by atoms with Crippen molar-refractivity contribution in [3.05, 3.63) is 52.7 Å². The van der Waals surface area contributed by atoms with Crippen LogP contribution in [0.4, 0.5) is 5.82 Å². The molecule has 0 aromatic carbocycles. The zero-order valence-corrected chi connectivity index (χ0v) is 24.1. The Morgan fingerprint density at radius 1 is 1.02 bits per heavy atom. The average molecular weight is 566 g/mol. The number of sulfonamides is 1. The summed E-state index contributed by atoms with van der Waals surface area (Å²) in [5.74, 6) is 1.37. The lowest BCUT2D eigenvalue weighted by molar-refractivity contribution is 0.196. The van der Waals surface area contributed by atoms with Gasteiger partial charge < -0.3 is 10.2 Å². The molecule has 5 rings (SSSR count). The number of rotatable bonds is 9. The van der Waals surface area contributed by atoms with Crippen molar-refractivity contribution in [1.29, 1.82) is 0 Å². The highest BCUT2D eigenvalue weighted by Crippen LogP contribution is 2.30. The topological polar surface area (TPSA) is 131 Å². The molecule has 0 unspecified atom stereocenters. The van der Waals surface area contributed by atoms with Crippen LogP contribution in [0.2, 0.25) is 0 Å². The first kappa shape index (κ1) is 27.9. The Labute approximate surface area is 233 Å². The molecule has 4 aromatic heterocycles. The van der Waals surface area contributed by atoms with Gasteiger partial charge in [-0.25, -0.2) is 28.1 Å². The number of hydrogen-bond acceptors (Lipinski definition) is 9. The first-order valence-electron chi connectivity index (χ1n) is 13.7. The second-order valence-electron chi connectivity index (χ2n) is 9.73. The van der Waals surface area contributed by atoms with Gasteiger partial charge in [-0.2, -0.15) is 9.40 Å². The number of nitrogens with zero attached hydrogens (tertiary/aromatic N) is 8. The van der Waals surface area contributed by atoms with Gasteiger partial charge in [-0.3, -0.25) is 9.36 Å². The number of aromatic nitrogens is 6. The second kappa shape index (κ2) is 11.4. The molecule has 12 nitrogen and oxygen atoms in total. The summed E-state index contributed by atoms with van der Waals surface area (Å²) in [6.45, 7) is 9.76. The number of hydrogen-bond donors (Lipinski definition) is 1. The SMILES string of the molecule is CCCNc1ncc(S(=O)(=O)N2CCN(CC)CC2)cc1-c1nc2c(CC)n(-c3ccccn3)nc2c(=O)n1C. The van der Waals surface area contributed by atoms with E-state index in [0.29, 0.717) is 67.7 Å². The van der Waals surface area contributed by atoms with Gasteiger partial charge >= 0.3 is 0 Å². The van der Waals surface area contributed by atoms with Crippen LogP contribution in [0.25, 0.3) is 28.2 Å². The predicted molar refractivity (Wildman–Crippen MR) is 154 cm³/mol. The maximum Gasteiger partial charge on any atom is 0.281 e. The Kier molecular flexibility index (Phi) is 7.97. The van der Waals surface area contributed by atoms with Gasteiger partial charge in [0.2, 0.25) is 10.0 Å². The van der Waals surface area contributed by atoms with Crippen LogP contribution >= 0.6 is 0 Å². The maximum atomic E-state index is 13.7. The summed E-state index contributed by atoms with van der Waals surface area (Å²) in [4.78, 5) is 29.7. The summed E-state index contributed by atoms with van der Waals surface area (Å²) in [6, 6.07) is 7.07. The fourth-order valence-corrected chi connectivity index (χ4v) is 6.34. The predicted octanol–water partition coefficient (Wildman–Crippen LogP) is 2.29. The van der Waals surface area contributed by atoms with Crippen molar-refractivity contribution in [3.8, 4) is 17.2 Å². The van der Waals surface area contributed by atoms with E-state index in [1.54, 1.807) is 24.0 Å². The van der Waals surface area contributed by atoms with E-state index in [1.165, 1.54) is 15.1 Å². The molecule has 1 aliphatic rings. The van der Waals surface area contributed by atoms with Crippen LogP contribution in [-0.2, 0) is 23.5 Å². The lowest BCUT2D eigenvalue weighted by Crippen LogP contribution is -2.48. The third-order valence-corrected chi connectivity index (χ3v) is 9.12. The monoisotopic (exact) mass is 565 g/mol. The standard InChI is InChI=1S/C27H35N9O3S/c1-5-11-29-25-20(17-19(18-30-25)40(38,39)35-15-13-34(7-3)14-16-35)26-31-23-21(6-2)36(22-10-8-9-12-28-22)32-24(23)27(37)33(26)4/h8-10,12,17-18H,5-7,11,13-16H2,1-4H3,(H,29,30). The van der Waals surface area contributed by atoms with Crippen LogP contribution in [0, 0.1) is 0 Å². The van der Waals surface area contributed by atoms with Gasteiger partial charge in [0, 0.05) is 52.2 Å². The molecule has 0 saturated carbocycles. The highest BCUT2D eigenvalue weighted by Gasteiger charge is 2.30. The molecule has 0 spiro atoms. The summed E-state index contributed by atoms with van der Waals surface area (Å²) in [7, 11) is -2.18. The Morgan fingerprint density at radius 3 is 2.45 bits per heavy atom. The number of aryl methyl sites for hydroxylation is 1. The van der Waals surface area contributed by atoms with Crippen molar-refractivity contribution in [2.75, 3.05) is 44.6 Å². The third-order valence-electron chi connectivity index (χ3n) is 7.26. The normalized spacial score (nSPS) is 15.1. The number of anilines is 1. The van der Waals surface area contributed by atoms with Crippen molar-refractivity contribution < 1.29 is 8.42 Å². The minimum absolute atomic E-state index is 0.0729. The van der Waals surface area contributed by atoms with Gasteiger partial charge in [0.05, 0.1) is 11.3 Å². The minimum atomic E-state index is -3.80. The molecule has 40 heavy (non-hydrogen) atoms. The summed E-state index contributed by atoms with van der Waals surface area (Å²) in [6.07, 6.45) is 4.45. The largest absolute Gasteiger partial charge is 0.369 e.